The fourth-order valence-electron chi connectivity index (χ4n) is 2.89. The van der Waals surface area contributed by atoms with Crippen LogP contribution in [-0.2, 0) is 11.8 Å². The Morgan fingerprint density at radius 3 is 2.79 bits per heavy atom. The Labute approximate surface area is 141 Å². The maximum Gasteiger partial charge on any atom is 0.256 e. The summed E-state index contributed by atoms with van der Waals surface area (Å²) in [6.45, 7) is 8.40. The summed E-state index contributed by atoms with van der Waals surface area (Å²) in [5.41, 5.74) is 3.33. The smallest absolute Gasteiger partial charge is 0.256 e. The first kappa shape index (κ1) is 16.3. The lowest BCUT2D eigenvalue weighted by Crippen LogP contribution is -2.29. The van der Waals surface area contributed by atoms with Gasteiger partial charge in [-0.1, -0.05) is 44.1 Å². The van der Waals surface area contributed by atoms with Gasteiger partial charge in [0.05, 0.1) is 0 Å². The normalized spacial score (nSPS) is 11.8. The number of H-pyrrole nitrogens is 1. The van der Waals surface area contributed by atoms with Crippen molar-refractivity contribution in [2.24, 2.45) is 0 Å². The lowest BCUT2D eigenvalue weighted by Gasteiger charge is -2.16. The molecule has 0 aliphatic heterocycles. The molecule has 3 aromatic rings. The standard InChI is InChI=1S/C19H23N3O2/c1-12-16(17(22-24-12)19(2,3)4)18(23)20-10-9-13-11-21-15-8-6-5-7-14(13)15/h5-8,11,21H,9-10H2,1-4H3,(H,20,23). The van der Waals surface area contributed by atoms with Gasteiger partial charge < -0.3 is 14.8 Å². The Hall–Kier alpha value is -2.56. The van der Waals surface area contributed by atoms with Gasteiger partial charge in [-0.05, 0) is 25.0 Å². The van der Waals surface area contributed by atoms with Gasteiger partial charge >= 0.3 is 0 Å². The molecule has 0 aliphatic carbocycles. The topological polar surface area (TPSA) is 70.9 Å². The van der Waals surface area contributed by atoms with Crippen LogP contribution in [0.4, 0.5) is 0 Å². The number of para-hydroxylation sites is 1. The van der Waals surface area contributed by atoms with Crippen molar-refractivity contribution < 1.29 is 9.32 Å². The summed E-state index contributed by atoms with van der Waals surface area (Å²) >= 11 is 0. The summed E-state index contributed by atoms with van der Waals surface area (Å²) in [6, 6.07) is 8.17. The number of rotatable bonds is 4. The number of aromatic amines is 1. The molecule has 0 radical (unpaired) electrons. The van der Waals surface area contributed by atoms with Gasteiger partial charge in [0, 0.05) is 29.1 Å². The van der Waals surface area contributed by atoms with E-state index in [2.05, 4.69) is 21.5 Å². The van der Waals surface area contributed by atoms with Crippen molar-refractivity contribution in [3.63, 3.8) is 0 Å². The Bertz CT molecular complexity index is 868. The third kappa shape index (κ3) is 3.07. The van der Waals surface area contributed by atoms with Crippen molar-refractivity contribution in [3.8, 4) is 0 Å². The molecule has 0 fully saturated rings. The quantitative estimate of drug-likeness (QED) is 0.768. The van der Waals surface area contributed by atoms with Crippen LogP contribution in [0.5, 0.6) is 0 Å². The minimum absolute atomic E-state index is 0.126. The number of nitrogens with one attached hydrogen (secondary N) is 2. The number of nitrogens with zero attached hydrogens (tertiary/aromatic N) is 1. The van der Waals surface area contributed by atoms with E-state index >= 15 is 0 Å². The van der Waals surface area contributed by atoms with E-state index in [1.165, 1.54) is 10.9 Å². The molecule has 0 atom stereocenters. The molecule has 0 spiro atoms. The number of benzene rings is 1. The van der Waals surface area contributed by atoms with Gasteiger partial charge in [0.2, 0.25) is 0 Å². The van der Waals surface area contributed by atoms with Crippen LogP contribution in [0.3, 0.4) is 0 Å². The highest BCUT2D eigenvalue weighted by Crippen LogP contribution is 2.26. The number of amides is 1. The fourth-order valence-corrected chi connectivity index (χ4v) is 2.89. The van der Waals surface area contributed by atoms with E-state index in [9.17, 15) is 4.79 Å². The molecule has 3 rings (SSSR count). The molecule has 0 bridgehead atoms. The van der Waals surface area contributed by atoms with Gasteiger partial charge in [-0.25, -0.2) is 0 Å². The first-order chi connectivity index (χ1) is 11.4. The molecule has 24 heavy (non-hydrogen) atoms. The predicted octanol–water partition coefficient (Wildman–Crippen LogP) is 3.73. The molecule has 0 unspecified atom stereocenters. The molecule has 5 nitrogen and oxygen atoms in total. The lowest BCUT2D eigenvalue weighted by atomic mass is 9.88. The van der Waals surface area contributed by atoms with E-state index in [1.807, 2.05) is 45.2 Å². The zero-order valence-electron chi connectivity index (χ0n) is 14.6. The highest BCUT2D eigenvalue weighted by Gasteiger charge is 2.28. The van der Waals surface area contributed by atoms with Gasteiger partial charge in [-0.2, -0.15) is 0 Å². The molecule has 5 heteroatoms. The number of aromatic nitrogens is 2. The molecule has 0 saturated carbocycles. The average molecular weight is 325 g/mol. The summed E-state index contributed by atoms with van der Waals surface area (Å²) < 4.78 is 5.24. The molecule has 0 aliphatic rings. The highest BCUT2D eigenvalue weighted by molar-refractivity contribution is 5.96. The number of fused-ring (bicyclic) bond motifs is 1. The van der Waals surface area contributed by atoms with Crippen LogP contribution in [0.25, 0.3) is 10.9 Å². The van der Waals surface area contributed by atoms with Crippen LogP contribution in [0.1, 0.15) is 48.1 Å². The van der Waals surface area contributed by atoms with E-state index in [-0.39, 0.29) is 11.3 Å². The zero-order valence-corrected chi connectivity index (χ0v) is 14.6. The summed E-state index contributed by atoms with van der Waals surface area (Å²) in [6.07, 6.45) is 2.77. The van der Waals surface area contributed by atoms with Crippen LogP contribution < -0.4 is 5.32 Å². The number of carbonyl (C=O) groups is 1. The van der Waals surface area contributed by atoms with Gasteiger partial charge in [0.1, 0.15) is 17.0 Å². The van der Waals surface area contributed by atoms with E-state index in [1.54, 1.807) is 6.92 Å². The van der Waals surface area contributed by atoms with Crippen LogP contribution in [0.15, 0.2) is 35.0 Å². The Morgan fingerprint density at radius 1 is 1.29 bits per heavy atom. The summed E-state index contributed by atoms with van der Waals surface area (Å²) in [7, 11) is 0. The molecule has 1 aromatic carbocycles. The molecule has 0 saturated heterocycles. The number of aryl methyl sites for hydroxylation is 1. The maximum atomic E-state index is 12.6. The van der Waals surface area contributed by atoms with Crippen molar-refractivity contribution in [1.82, 2.24) is 15.5 Å². The number of hydrogen-bond donors (Lipinski definition) is 2. The van der Waals surface area contributed by atoms with Crippen molar-refractivity contribution in [1.29, 1.82) is 0 Å². The van der Waals surface area contributed by atoms with E-state index < -0.39 is 0 Å². The van der Waals surface area contributed by atoms with Crippen LogP contribution in [0, 0.1) is 6.92 Å². The van der Waals surface area contributed by atoms with Gasteiger partial charge in [0.25, 0.3) is 5.91 Å². The van der Waals surface area contributed by atoms with E-state index in [0.29, 0.717) is 23.6 Å². The van der Waals surface area contributed by atoms with Crippen molar-refractivity contribution >= 4 is 16.8 Å². The fraction of sp³-hybridized carbons (Fsp3) is 0.368. The van der Waals surface area contributed by atoms with E-state index in [0.717, 1.165) is 11.9 Å². The maximum absolute atomic E-state index is 12.6. The van der Waals surface area contributed by atoms with Crippen LogP contribution >= 0.6 is 0 Å². The highest BCUT2D eigenvalue weighted by atomic mass is 16.5. The molecular formula is C19H23N3O2. The number of carbonyl (C=O) groups excluding carboxylic acids is 1. The minimum Gasteiger partial charge on any atom is -0.361 e. The Kier molecular flexibility index (Phi) is 4.18. The largest absolute Gasteiger partial charge is 0.361 e. The SMILES string of the molecule is Cc1onc(C(C)(C)C)c1C(=O)NCCc1c[nH]c2ccccc12. The first-order valence-corrected chi connectivity index (χ1v) is 8.18. The van der Waals surface area contributed by atoms with Gasteiger partial charge in [-0.3, -0.25) is 4.79 Å². The summed E-state index contributed by atoms with van der Waals surface area (Å²) in [5.74, 6) is 0.433. The molecule has 2 N–H and O–H groups in total. The van der Waals surface area contributed by atoms with E-state index in [4.69, 9.17) is 4.52 Å². The predicted molar refractivity (Wildman–Crippen MR) is 94.3 cm³/mol. The Morgan fingerprint density at radius 2 is 2.04 bits per heavy atom. The monoisotopic (exact) mass is 325 g/mol. The molecule has 1 amide bonds. The third-order valence-corrected chi connectivity index (χ3v) is 4.16. The molecular weight excluding hydrogens is 302 g/mol. The summed E-state index contributed by atoms with van der Waals surface area (Å²) in [5, 5.41) is 8.25. The van der Waals surface area contributed by atoms with Crippen molar-refractivity contribution in [3.05, 3.63) is 53.0 Å². The van der Waals surface area contributed by atoms with Gasteiger partial charge in [-0.15, -0.1) is 0 Å². The summed E-state index contributed by atoms with van der Waals surface area (Å²) in [4.78, 5) is 15.8. The van der Waals surface area contributed by atoms with Crippen LogP contribution in [-0.4, -0.2) is 22.6 Å². The van der Waals surface area contributed by atoms with Crippen molar-refractivity contribution in [2.45, 2.75) is 39.5 Å². The molecule has 2 aromatic heterocycles. The van der Waals surface area contributed by atoms with Crippen molar-refractivity contribution in [2.75, 3.05) is 6.54 Å². The molecule has 126 valence electrons. The number of hydrogen-bond acceptors (Lipinski definition) is 3. The zero-order chi connectivity index (χ0) is 17.3. The third-order valence-electron chi connectivity index (χ3n) is 4.16. The minimum atomic E-state index is -0.235. The lowest BCUT2D eigenvalue weighted by molar-refractivity contribution is 0.0950. The second-order valence-corrected chi connectivity index (χ2v) is 7.08. The average Bonchev–Trinajstić information content (AvgIpc) is 3.11. The molecule has 2 heterocycles. The second kappa shape index (κ2) is 6.15. The first-order valence-electron chi connectivity index (χ1n) is 8.18. The second-order valence-electron chi connectivity index (χ2n) is 7.08. The van der Waals surface area contributed by atoms with Gasteiger partial charge in [0.15, 0.2) is 0 Å². The Balaban J connectivity index is 1.70. The van der Waals surface area contributed by atoms with Crippen LogP contribution in [0.2, 0.25) is 0 Å².